The summed E-state index contributed by atoms with van der Waals surface area (Å²) in [7, 11) is 0. The number of nitrogens with zero attached hydrogens (tertiary/aromatic N) is 2. The number of rotatable bonds is 7. The van der Waals surface area contributed by atoms with Gasteiger partial charge in [0.15, 0.2) is 23.5 Å². The van der Waals surface area contributed by atoms with Crippen molar-refractivity contribution in [2.24, 2.45) is 0 Å². The summed E-state index contributed by atoms with van der Waals surface area (Å²) in [6.45, 7) is 1.68. The van der Waals surface area contributed by atoms with Crippen LogP contribution in [0.15, 0.2) is 64.2 Å². The molecule has 0 saturated carbocycles. The summed E-state index contributed by atoms with van der Waals surface area (Å²) in [5, 5.41) is 8.05. The van der Waals surface area contributed by atoms with Crippen LogP contribution in [0.2, 0.25) is 0 Å². The lowest BCUT2D eigenvalue weighted by Gasteiger charge is -2.11. The highest BCUT2D eigenvalue weighted by molar-refractivity contribution is 7.99. The summed E-state index contributed by atoms with van der Waals surface area (Å²) in [5.74, 6) is 0.0336. The fourth-order valence-electron chi connectivity index (χ4n) is 2.06. The molecule has 2 aromatic carbocycles. The molecule has 128 valence electrons. The second-order valence-corrected chi connectivity index (χ2v) is 6.10. The number of carbonyl (C=O) groups is 1. The van der Waals surface area contributed by atoms with Gasteiger partial charge in [-0.15, -0.1) is 10.2 Å². The Kier molecular flexibility index (Phi) is 5.45. The minimum absolute atomic E-state index is 0.0268. The average molecular weight is 358 g/mol. The number of ether oxygens (including phenoxy) is 1. The number of thioether (sulfide) groups is 1. The normalized spacial score (nSPS) is 11.9. The van der Waals surface area contributed by atoms with Crippen LogP contribution in [0.4, 0.5) is 4.39 Å². The molecule has 1 atom stereocenters. The second-order valence-electron chi connectivity index (χ2n) is 5.17. The zero-order chi connectivity index (χ0) is 17.6. The molecule has 0 N–H and O–H groups in total. The number of carbonyl (C=O) groups excluding carboxylic acids is 1. The van der Waals surface area contributed by atoms with Crippen molar-refractivity contribution in [3.63, 3.8) is 0 Å². The van der Waals surface area contributed by atoms with E-state index in [1.165, 1.54) is 12.1 Å². The summed E-state index contributed by atoms with van der Waals surface area (Å²) in [4.78, 5) is 12.1. The third-order valence-corrected chi connectivity index (χ3v) is 4.15. The molecule has 1 heterocycles. The molecule has 25 heavy (non-hydrogen) atoms. The molecule has 1 unspecified atom stereocenters. The Balaban J connectivity index is 1.58. The van der Waals surface area contributed by atoms with Gasteiger partial charge in [-0.2, -0.15) is 0 Å². The van der Waals surface area contributed by atoms with E-state index in [-0.39, 0.29) is 28.4 Å². The van der Waals surface area contributed by atoms with Crippen molar-refractivity contribution in [3.05, 3.63) is 71.9 Å². The number of halogens is 1. The maximum absolute atomic E-state index is 13.6. The fraction of sp³-hybridized carbons (Fsp3) is 0.167. The van der Waals surface area contributed by atoms with Crippen molar-refractivity contribution >= 4 is 17.5 Å². The summed E-state index contributed by atoms with van der Waals surface area (Å²) >= 11 is 1.15. The van der Waals surface area contributed by atoms with Gasteiger partial charge in [-0.1, -0.05) is 54.2 Å². The first-order valence-electron chi connectivity index (χ1n) is 7.59. The van der Waals surface area contributed by atoms with Crippen LogP contribution in [-0.4, -0.2) is 21.7 Å². The molecule has 3 aromatic rings. The molecule has 0 fully saturated rings. The number of ketones is 1. The van der Waals surface area contributed by atoms with E-state index in [1.807, 2.05) is 18.2 Å². The third kappa shape index (κ3) is 4.45. The van der Waals surface area contributed by atoms with E-state index in [9.17, 15) is 9.18 Å². The lowest BCUT2D eigenvalue weighted by Crippen LogP contribution is -2.04. The number of hydrogen-bond donors (Lipinski definition) is 0. The summed E-state index contributed by atoms with van der Waals surface area (Å²) < 4.78 is 24.6. The first-order chi connectivity index (χ1) is 12.1. The Bertz CT molecular complexity index is 854. The van der Waals surface area contributed by atoms with Crippen molar-refractivity contribution < 1.29 is 18.3 Å². The van der Waals surface area contributed by atoms with Crippen LogP contribution >= 0.6 is 11.8 Å². The van der Waals surface area contributed by atoms with Crippen LogP contribution in [0.3, 0.4) is 0 Å². The molecular formula is C18H15FN2O3S. The smallest absolute Gasteiger partial charge is 0.277 e. The van der Waals surface area contributed by atoms with Crippen LogP contribution in [0.1, 0.15) is 29.3 Å². The van der Waals surface area contributed by atoms with Gasteiger partial charge in [0, 0.05) is 5.56 Å². The van der Waals surface area contributed by atoms with Crippen molar-refractivity contribution in [1.29, 1.82) is 0 Å². The van der Waals surface area contributed by atoms with Gasteiger partial charge in [-0.05, 0) is 19.1 Å². The van der Waals surface area contributed by atoms with Crippen molar-refractivity contribution in [3.8, 4) is 5.75 Å². The number of Topliss-reactive ketones (excluding diaryl/α,β-unsaturated/α-hetero) is 1. The number of para-hydroxylation sites is 1. The minimum Gasteiger partial charge on any atom is -0.478 e. The Hall–Kier alpha value is -2.67. The van der Waals surface area contributed by atoms with Gasteiger partial charge in [-0.3, -0.25) is 4.79 Å². The molecule has 5 nitrogen and oxygen atoms in total. The molecular weight excluding hydrogens is 343 g/mol. The summed E-state index contributed by atoms with van der Waals surface area (Å²) in [6, 6.07) is 15.1. The molecule has 1 aromatic heterocycles. The van der Waals surface area contributed by atoms with E-state index >= 15 is 0 Å². The molecule has 7 heteroatoms. The molecule has 3 rings (SSSR count). The third-order valence-electron chi connectivity index (χ3n) is 3.33. The second kappa shape index (κ2) is 7.94. The highest BCUT2D eigenvalue weighted by Gasteiger charge is 2.18. The summed E-state index contributed by atoms with van der Waals surface area (Å²) in [5.41, 5.74) is 0.631. The summed E-state index contributed by atoms with van der Waals surface area (Å²) in [6.07, 6.45) is -0.608. The fourth-order valence-corrected chi connectivity index (χ4v) is 2.72. The first kappa shape index (κ1) is 17.2. The zero-order valence-corrected chi connectivity index (χ0v) is 14.2. The van der Waals surface area contributed by atoms with Gasteiger partial charge < -0.3 is 9.15 Å². The van der Waals surface area contributed by atoms with Gasteiger partial charge in [0.2, 0.25) is 0 Å². The lowest BCUT2D eigenvalue weighted by atomic mass is 10.2. The van der Waals surface area contributed by atoms with Gasteiger partial charge in [0.1, 0.15) is 0 Å². The molecule has 0 aliphatic heterocycles. The molecule has 0 aliphatic carbocycles. The van der Waals surface area contributed by atoms with E-state index in [0.717, 1.165) is 11.8 Å². The van der Waals surface area contributed by atoms with Crippen molar-refractivity contribution in [2.75, 3.05) is 5.75 Å². The maximum atomic E-state index is 13.6. The van der Waals surface area contributed by atoms with E-state index < -0.39 is 11.9 Å². The van der Waals surface area contributed by atoms with Crippen LogP contribution in [0.25, 0.3) is 0 Å². The van der Waals surface area contributed by atoms with Gasteiger partial charge >= 0.3 is 0 Å². The average Bonchev–Trinajstić information content (AvgIpc) is 3.11. The maximum Gasteiger partial charge on any atom is 0.277 e. The van der Waals surface area contributed by atoms with Crippen LogP contribution in [0.5, 0.6) is 5.75 Å². The van der Waals surface area contributed by atoms with E-state index in [0.29, 0.717) is 5.56 Å². The quantitative estimate of drug-likeness (QED) is 0.463. The molecule has 0 bridgehead atoms. The van der Waals surface area contributed by atoms with Crippen molar-refractivity contribution in [1.82, 2.24) is 10.2 Å². The Morgan fingerprint density at radius 2 is 1.88 bits per heavy atom. The first-order valence-corrected chi connectivity index (χ1v) is 8.57. The highest BCUT2D eigenvalue weighted by atomic mass is 32.2. The van der Waals surface area contributed by atoms with Gasteiger partial charge in [-0.25, -0.2) is 4.39 Å². The molecule has 0 radical (unpaired) electrons. The molecule has 0 aliphatic rings. The van der Waals surface area contributed by atoms with E-state index in [2.05, 4.69) is 10.2 Å². The van der Waals surface area contributed by atoms with Gasteiger partial charge in [0.25, 0.3) is 11.1 Å². The van der Waals surface area contributed by atoms with E-state index in [4.69, 9.17) is 9.15 Å². The number of hydrogen-bond acceptors (Lipinski definition) is 6. The Labute approximate surface area is 148 Å². The predicted octanol–water partition coefficient (Wildman–Crippen LogP) is 4.32. The Morgan fingerprint density at radius 1 is 1.16 bits per heavy atom. The van der Waals surface area contributed by atoms with E-state index in [1.54, 1.807) is 31.2 Å². The largest absolute Gasteiger partial charge is 0.478 e. The van der Waals surface area contributed by atoms with Crippen LogP contribution in [0, 0.1) is 5.82 Å². The standard InChI is InChI=1S/C18H15FN2O3S/c1-12(23-16-10-6-5-9-14(16)19)17-20-21-18(24-17)25-11-15(22)13-7-3-2-4-8-13/h2-10,12H,11H2,1H3. The molecule has 0 spiro atoms. The number of benzene rings is 2. The highest BCUT2D eigenvalue weighted by Crippen LogP contribution is 2.25. The van der Waals surface area contributed by atoms with Crippen molar-refractivity contribution in [2.45, 2.75) is 18.3 Å². The number of aromatic nitrogens is 2. The van der Waals surface area contributed by atoms with Crippen LogP contribution in [-0.2, 0) is 0 Å². The van der Waals surface area contributed by atoms with Gasteiger partial charge in [0.05, 0.1) is 5.75 Å². The predicted molar refractivity (Wildman–Crippen MR) is 91.2 cm³/mol. The minimum atomic E-state index is -0.608. The molecule has 0 amide bonds. The molecule has 0 saturated heterocycles. The topological polar surface area (TPSA) is 65.2 Å². The lowest BCUT2D eigenvalue weighted by molar-refractivity contribution is 0.102. The SMILES string of the molecule is CC(Oc1ccccc1F)c1nnc(SCC(=O)c2ccccc2)o1. The zero-order valence-electron chi connectivity index (χ0n) is 13.4. The monoisotopic (exact) mass is 358 g/mol. The Morgan fingerprint density at radius 3 is 2.64 bits per heavy atom. The van der Waals surface area contributed by atoms with Crippen LogP contribution < -0.4 is 4.74 Å².